The molecule has 0 saturated heterocycles. The Labute approximate surface area is 106 Å². The molecule has 0 bridgehead atoms. The molecule has 2 rings (SSSR count). The fourth-order valence-corrected chi connectivity index (χ4v) is 1.74. The second-order valence-corrected chi connectivity index (χ2v) is 4.55. The van der Waals surface area contributed by atoms with Gasteiger partial charge in [-0.05, 0) is 19.4 Å². The van der Waals surface area contributed by atoms with Crippen LogP contribution in [0.25, 0.3) is 0 Å². The Hall–Kier alpha value is -1.91. The SMILES string of the molecule is CCC(C)n1ccc(CC(=O)c2cnn(C)c2)n1. The molecule has 18 heavy (non-hydrogen) atoms. The van der Waals surface area contributed by atoms with E-state index in [2.05, 4.69) is 24.0 Å². The van der Waals surface area contributed by atoms with Gasteiger partial charge in [-0.3, -0.25) is 14.2 Å². The normalized spacial score (nSPS) is 12.6. The number of Topliss-reactive ketones (excluding diaryl/α,β-unsaturated/α-hetero) is 1. The standard InChI is InChI=1S/C13H18N4O/c1-4-10(2)17-6-5-12(15-17)7-13(18)11-8-14-16(3)9-11/h5-6,8-10H,4,7H2,1-3H3. The molecule has 0 aliphatic heterocycles. The van der Waals surface area contributed by atoms with Crippen LogP contribution in [0, 0.1) is 0 Å². The van der Waals surface area contributed by atoms with Crippen LogP contribution >= 0.6 is 0 Å². The number of aromatic nitrogens is 4. The Morgan fingerprint density at radius 3 is 2.89 bits per heavy atom. The van der Waals surface area contributed by atoms with Crippen molar-refractivity contribution in [1.29, 1.82) is 0 Å². The molecule has 1 atom stereocenters. The monoisotopic (exact) mass is 246 g/mol. The molecular weight excluding hydrogens is 228 g/mol. The first-order valence-corrected chi connectivity index (χ1v) is 6.16. The van der Waals surface area contributed by atoms with E-state index in [1.807, 2.05) is 16.9 Å². The molecule has 0 fully saturated rings. The van der Waals surface area contributed by atoms with E-state index in [9.17, 15) is 4.79 Å². The summed E-state index contributed by atoms with van der Waals surface area (Å²) in [4.78, 5) is 12.0. The second-order valence-electron chi connectivity index (χ2n) is 4.55. The van der Waals surface area contributed by atoms with Gasteiger partial charge in [-0.15, -0.1) is 0 Å². The topological polar surface area (TPSA) is 52.7 Å². The number of aryl methyl sites for hydroxylation is 1. The van der Waals surface area contributed by atoms with Crippen molar-refractivity contribution in [3.05, 3.63) is 35.9 Å². The molecule has 0 radical (unpaired) electrons. The van der Waals surface area contributed by atoms with Gasteiger partial charge in [-0.2, -0.15) is 10.2 Å². The molecule has 2 aromatic heterocycles. The maximum Gasteiger partial charge on any atom is 0.172 e. The average Bonchev–Trinajstić information content (AvgIpc) is 2.97. The molecule has 0 aliphatic rings. The molecular formula is C13H18N4O. The molecule has 0 N–H and O–H groups in total. The van der Waals surface area contributed by atoms with E-state index < -0.39 is 0 Å². The molecule has 5 nitrogen and oxygen atoms in total. The zero-order valence-electron chi connectivity index (χ0n) is 11.0. The predicted molar refractivity (Wildman–Crippen MR) is 68.5 cm³/mol. The zero-order valence-corrected chi connectivity index (χ0v) is 11.0. The van der Waals surface area contributed by atoms with E-state index in [1.54, 1.807) is 24.1 Å². The minimum Gasteiger partial charge on any atom is -0.294 e. The van der Waals surface area contributed by atoms with E-state index in [-0.39, 0.29) is 5.78 Å². The van der Waals surface area contributed by atoms with Gasteiger partial charge in [0, 0.05) is 25.5 Å². The first-order valence-electron chi connectivity index (χ1n) is 6.16. The largest absolute Gasteiger partial charge is 0.294 e. The zero-order chi connectivity index (χ0) is 13.1. The average molecular weight is 246 g/mol. The summed E-state index contributed by atoms with van der Waals surface area (Å²) in [5, 5.41) is 8.42. The molecule has 0 aromatic carbocycles. The molecule has 2 aromatic rings. The minimum absolute atomic E-state index is 0.0532. The summed E-state index contributed by atoms with van der Waals surface area (Å²) in [6.45, 7) is 4.23. The van der Waals surface area contributed by atoms with Crippen molar-refractivity contribution in [2.75, 3.05) is 0 Å². The van der Waals surface area contributed by atoms with E-state index >= 15 is 0 Å². The van der Waals surface area contributed by atoms with Crippen molar-refractivity contribution in [3.63, 3.8) is 0 Å². The third-order valence-corrected chi connectivity index (χ3v) is 3.07. The minimum atomic E-state index is 0.0532. The van der Waals surface area contributed by atoms with Crippen LogP contribution < -0.4 is 0 Å². The fourth-order valence-electron chi connectivity index (χ4n) is 1.74. The summed E-state index contributed by atoms with van der Waals surface area (Å²) >= 11 is 0. The fraction of sp³-hybridized carbons (Fsp3) is 0.462. The van der Waals surface area contributed by atoms with Gasteiger partial charge >= 0.3 is 0 Å². The van der Waals surface area contributed by atoms with Crippen molar-refractivity contribution >= 4 is 5.78 Å². The number of hydrogen-bond donors (Lipinski definition) is 0. The lowest BCUT2D eigenvalue weighted by atomic mass is 10.1. The summed E-state index contributed by atoms with van der Waals surface area (Å²) in [5.41, 5.74) is 1.44. The smallest absolute Gasteiger partial charge is 0.172 e. The lowest BCUT2D eigenvalue weighted by Crippen LogP contribution is -2.07. The third kappa shape index (κ3) is 2.67. The Morgan fingerprint density at radius 1 is 1.50 bits per heavy atom. The number of carbonyl (C=O) groups is 1. The van der Waals surface area contributed by atoms with Gasteiger partial charge in [-0.1, -0.05) is 6.92 Å². The maximum atomic E-state index is 12.0. The Balaban J connectivity index is 2.05. The van der Waals surface area contributed by atoms with Gasteiger partial charge in [0.15, 0.2) is 5.78 Å². The summed E-state index contributed by atoms with van der Waals surface area (Å²) < 4.78 is 3.54. The van der Waals surface area contributed by atoms with Crippen LogP contribution in [0.5, 0.6) is 0 Å². The molecule has 2 heterocycles. The molecule has 0 spiro atoms. The van der Waals surface area contributed by atoms with Gasteiger partial charge < -0.3 is 0 Å². The van der Waals surface area contributed by atoms with E-state index in [0.29, 0.717) is 18.0 Å². The van der Waals surface area contributed by atoms with Gasteiger partial charge in [0.1, 0.15) is 0 Å². The first-order chi connectivity index (χ1) is 8.60. The highest BCUT2D eigenvalue weighted by Gasteiger charge is 2.12. The first kappa shape index (κ1) is 12.5. The van der Waals surface area contributed by atoms with Crippen molar-refractivity contribution < 1.29 is 4.79 Å². The Bertz CT molecular complexity index is 541. The van der Waals surface area contributed by atoms with Crippen LogP contribution in [0.1, 0.15) is 42.4 Å². The Kier molecular flexibility index (Phi) is 3.60. The molecule has 0 aliphatic carbocycles. The Morgan fingerprint density at radius 2 is 2.28 bits per heavy atom. The summed E-state index contributed by atoms with van der Waals surface area (Å²) in [7, 11) is 1.80. The highest BCUT2D eigenvalue weighted by molar-refractivity contribution is 5.96. The van der Waals surface area contributed by atoms with Gasteiger partial charge in [-0.25, -0.2) is 0 Å². The second kappa shape index (κ2) is 5.16. The number of nitrogens with zero attached hydrogens (tertiary/aromatic N) is 4. The molecule has 1 unspecified atom stereocenters. The summed E-state index contributed by atoms with van der Waals surface area (Å²) in [6.07, 6.45) is 6.61. The van der Waals surface area contributed by atoms with Crippen molar-refractivity contribution in [2.24, 2.45) is 7.05 Å². The third-order valence-electron chi connectivity index (χ3n) is 3.07. The van der Waals surface area contributed by atoms with Crippen LogP contribution in [-0.4, -0.2) is 25.3 Å². The lowest BCUT2D eigenvalue weighted by molar-refractivity contribution is 0.0991. The number of hydrogen-bond acceptors (Lipinski definition) is 3. The van der Waals surface area contributed by atoms with E-state index in [0.717, 1.165) is 12.1 Å². The van der Waals surface area contributed by atoms with Crippen molar-refractivity contribution in [3.8, 4) is 0 Å². The van der Waals surface area contributed by atoms with Gasteiger partial charge in [0.2, 0.25) is 0 Å². The quantitative estimate of drug-likeness (QED) is 0.758. The summed E-state index contributed by atoms with van der Waals surface area (Å²) in [5.74, 6) is 0.0532. The molecule has 5 heteroatoms. The van der Waals surface area contributed by atoms with E-state index in [1.165, 1.54) is 0 Å². The van der Waals surface area contributed by atoms with Crippen LogP contribution in [-0.2, 0) is 13.5 Å². The van der Waals surface area contributed by atoms with Crippen LogP contribution in [0.15, 0.2) is 24.7 Å². The number of ketones is 1. The number of rotatable bonds is 5. The van der Waals surface area contributed by atoms with Crippen LogP contribution in [0.4, 0.5) is 0 Å². The van der Waals surface area contributed by atoms with Crippen LogP contribution in [0.2, 0.25) is 0 Å². The van der Waals surface area contributed by atoms with E-state index in [4.69, 9.17) is 0 Å². The lowest BCUT2D eigenvalue weighted by Gasteiger charge is -2.07. The highest BCUT2D eigenvalue weighted by Crippen LogP contribution is 2.11. The molecule has 96 valence electrons. The van der Waals surface area contributed by atoms with Crippen molar-refractivity contribution in [1.82, 2.24) is 19.6 Å². The number of carbonyl (C=O) groups excluding carboxylic acids is 1. The van der Waals surface area contributed by atoms with Gasteiger partial charge in [0.05, 0.1) is 23.9 Å². The van der Waals surface area contributed by atoms with Gasteiger partial charge in [0.25, 0.3) is 0 Å². The molecule has 0 saturated carbocycles. The van der Waals surface area contributed by atoms with Crippen molar-refractivity contribution in [2.45, 2.75) is 32.7 Å². The predicted octanol–water partition coefficient (Wildman–Crippen LogP) is 2.01. The highest BCUT2D eigenvalue weighted by atomic mass is 16.1. The van der Waals surface area contributed by atoms with Crippen LogP contribution in [0.3, 0.4) is 0 Å². The summed E-state index contributed by atoms with van der Waals surface area (Å²) in [6, 6.07) is 2.27. The maximum absolute atomic E-state index is 12.0. The molecule has 0 amide bonds.